The summed E-state index contributed by atoms with van der Waals surface area (Å²) >= 11 is 0. The minimum Gasteiger partial charge on any atom is -0.425 e. The molecule has 0 atom stereocenters. The number of nitrogens with zero attached hydrogens (tertiary/aromatic N) is 1. The largest absolute Gasteiger partial charge is 0.425 e. The van der Waals surface area contributed by atoms with E-state index in [0.29, 0.717) is 52.4 Å². The molecule has 170 valence electrons. The van der Waals surface area contributed by atoms with Crippen LogP contribution in [-0.4, -0.2) is 67.9 Å². The van der Waals surface area contributed by atoms with Crippen LogP contribution in [0.3, 0.4) is 0 Å². The van der Waals surface area contributed by atoms with Crippen LogP contribution in [-0.2, 0) is 14.3 Å². The number of hydrogen-bond donors (Lipinski definition) is 0. The average molecular weight is 449 g/mol. The number of esters is 1. The summed E-state index contributed by atoms with van der Waals surface area (Å²) in [5.74, 6) is -1.98. The van der Waals surface area contributed by atoms with Crippen molar-refractivity contribution in [1.82, 2.24) is 4.90 Å². The molecule has 33 heavy (non-hydrogen) atoms. The third-order valence-corrected chi connectivity index (χ3v) is 6.30. The summed E-state index contributed by atoms with van der Waals surface area (Å²) in [6.45, 7) is 2.60. The van der Waals surface area contributed by atoms with E-state index in [1.807, 2.05) is 0 Å². The summed E-state index contributed by atoms with van der Waals surface area (Å²) in [6.07, 6.45) is 1.03. The monoisotopic (exact) mass is 449 g/mol. The van der Waals surface area contributed by atoms with Crippen molar-refractivity contribution in [2.24, 2.45) is 5.92 Å². The van der Waals surface area contributed by atoms with Crippen LogP contribution in [0.4, 0.5) is 0 Å². The Bertz CT molecular complexity index is 1140. The van der Waals surface area contributed by atoms with Crippen LogP contribution in [0.15, 0.2) is 36.4 Å². The van der Waals surface area contributed by atoms with E-state index in [9.17, 15) is 19.2 Å². The third-order valence-electron chi connectivity index (χ3n) is 6.30. The topological polar surface area (TPSA) is 99.2 Å². The highest BCUT2D eigenvalue weighted by molar-refractivity contribution is 6.29. The molecule has 0 N–H and O–H groups in total. The van der Waals surface area contributed by atoms with Crippen molar-refractivity contribution in [3.05, 3.63) is 64.2 Å². The minimum absolute atomic E-state index is 0.0256. The standard InChI is InChI=1S/C25H23NO7/c27-22-17-3-1-2-4-18(17)23(28)21-19(22)13-16(24(29)26-7-11-32-12-8-26)14-20(21)33-25(30)15-5-9-31-10-6-15/h1-4,13-15H,5-12H2. The van der Waals surface area contributed by atoms with Gasteiger partial charge >= 0.3 is 5.97 Å². The van der Waals surface area contributed by atoms with Crippen molar-refractivity contribution in [2.45, 2.75) is 12.8 Å². The van der Waals surface area contributed by atoms with Crippen LogP contribution < -0.4 is 4.74 Å². The first-order valence-electron chi connectivity index (χ1n) is 11.1. The van der Waals surface area contributed by atoms with Crippen LogP contribution in [0.1, 0.15) is 55.0 Å². The molecule has 2 fully saturated rings. The smallest absolute Gasteiger partial charge is 0.314 e. The van der Waals surface area contributed by atoms with E-state index in [2.05, 4.69) is 0 Å². The lowest BCUT2D eigenvalue weighted by Crippen LogP contribution is -2.41. The molecule has 8 heteroatoms. The Morgan fingerprint density at radius 1 is 0.848 bits per heavy atom. The van der Waals surface area contributed by atoms with E-state index < -0.39 is 11.8 Å². The molecule has 2 heterocycles. The Morgan fingerprint density at radius 2 is 1.48 bits per heavy atom. The maximum Gasteiger partial charge on any atom is 0.314 e. The number of fused-ring (bicyclic) bond motifs is 2. The van der Waals surface area contributed by atoms with Crippen molar-refractivity contribution in [3.8, 4) is 5.75 Å². The number of ether oxygens (including phenoxy) is 3. The lowest BCUT2D eigenvalue weighted by molar-refractivity contribution is -0.142. The van der Waals surface area contributed by atoms with Crippen molar-refractivity contribution in [3.63, 3.8) is 0 Å². The van der Waals surface area contributed by atoms with Gasteiger partial charge in [-0.15, -0.1) is 0 Å². The number of hydrogen-bond acceptors (Lipinski definition) is 7. The Kier molecular flexibility index (Phi) is 5.78. The van der Waals surface area contributed by atoms with Gasteiger partial charge in [-0.25, -0.2) is 0 Å². The number of amides is 1. The molecule has 1 aliphatic carbocycles. The molecule has 0 unspecified atom stereocenters. The van der Waals surface area contributed by atoms with Crippen LogP contribution in [0, 0.1) is 5.92 Å². The van der Waals surface area contributed by atoms with Crippen LogP contribution in [0.2, 0.25) is 0 Å². The van der Waals surface area contributed by atoms with Crippen molar-refractivity contribution < 1.29 is 33.4 Å². The van der Waals surface area contributed by atoms with Gasteiger partial charge in [0.25, 0.3) is 5.91 Å². The number of rotatable bonds is 3. The Morgan fingerprint density at radius 3 is 2.18 bits per heavy atom. The van der Waals surface area contributed by atoms with Crippen molar-refractivity contribution in [1.29, 1.82) is 0 Å². The molecule has 0 radical (unpaired) electrons. The number of carbonyl (C=O) groups is 4. The predicted molar refractivity (Wildman–Crippen MR) is 116 cm³/mol. The average Bonchev–Trinajstić information content (AvgIpc) is 2.87. The first-order chi connectivity index (χ1) is 16.0. The zero-order valence-corrected chi connectivity index (χ0v) is 18.0. The summed E-state index contributed by atoms with van der Waals surface area (Å²) in [7, 11) is 0. The van der Waals surface area contributed by atoms with E-state index in [-0.39, 0.29) is 51.2 Å². The van der Waals surface area contributed by atoms with E-state index in [4.69, 9.17) is 14.2 Å². The zero-order chi connectivity index (χ0) is 22.9. The van der Waals surface area contributed by atoms with Gasteiger partial charge in [-0.1, -0.05) is 24.3 Å². The number of morpholine rings is 1. The quantitative estimate of drug-likeness (QED) is 0.447. The van der Waals surface area contributed by atoms with Gasteiger partial charge in [-0.2, -0.15) is 0 Å². The first kappa shape index (κ1) is 21.5. The second kappa shape index (κ2) is 8.88. The Hall–Kier alpha value is -3.36. The summed E-state index contributed by atoms with van der Waals surface area (Å²) in [4.78, 5) is 54.3. The van der Waals surface area contributed by atoms with Crippen LogP contribution >= 0.6 is 0 Å². The maximum atomic E-state index is 13.3. The van der Waals surface area contributed by atoms with Crippen molar-refractivity contribution >= 4 is 23.4 Å². The van der Waals surface area contributed by atoms with E-state index in [0.717, 1.165) is 0 Å². The minimum atomic E-state index is -0.490. The fourth-order valence-corrected chi connectivity index (χ4v) is 4.47. The molecule has 0 bridgehead atoms. The molecule has 1 amide bonds. The molecule has 0 aromatic heterocycles. The molecule has 3 aliphatic rings. The highest BCUT2D eigenvalue weighted by Gasteiger charge is 2.35. The molecule has 2 aromatic rings. The summed E-state index contributed by atoms with van der Waals surface area (Å²) in [5.41, 5.74) is 0.828. The van der Waals surface area contributed by atoms with Gasteiger partial charge in [0.05, 0.1) is 24.7 Å². The molecule has 5 rings (SSSR count). The van der Waals surface area contributed by atoms with Crippen LogP contribution in [0.25, 0.3) is 0 Å². The molecule has 2 aliphatic heterocycles. The van der Waals surface area contributed by atoms with Gasteiger partial charge in [0, 0.05) is 48.6 Å². The fourth-order valence-electron chi connectivity index (χ4n) is 4.47. The highest BCUT2D eigenvalue weighted by Crippen LogP contribution is 2.35. The van der Waals surface area contributed by atoms with Gasteiger partial charge in [0.15, 0.2) is 11.6 Å². The number of ketones is 2. The van der Waals surface area contributed by atoms with Gasteiger partial charge in [-0.3, -0.25) is 19.2 Å². The Labute approximate surface area is 190 Å². The summed E-state index contributed by atoms with van der Waals surface area (Å²) in [6, 6.07) is 9.38. The first-order valence-corrected chi connectivity index (χ1v) is 11.1. The van der Waals surface area contributed by atoms with Crippen molar-refractivity contribution in [2.75, 3.05) is 39.5 Å². The van der Waals surface area contributed by atoms with Gasteiger partial charge in [0.1, 0.15) is 5.75 Å². The summed E-state index contributed by atoms with van der Waals surface area (Å²) < 4.78 is 16.3. The molecular formula is C25H23NO7. The molecule has 0 saturated carbocycles. The van der Waals surface area contributed by atoms with Gasteiger partial charge in [-0.05, 0) is 25.0 Å². The zero-order valence-electron chi connectivity index (χ0n) is 18.0. The molecular weight excluding hydrogens is 426 g/mol. The number of carbonyl (C=O) groups excluding carboxylic acids is 4. The van der Waals surface area contributed by atoms with E-state index in [1.54, 1.807) is 29.2 Å². The SMILES string of the molecule is O=C1c2ccccc2C(=O)c2c(OC(=O)C3CCOCC3)cc(C(=O)N3CCOCC3)cc21. The third kappa shape index (κ3) is 3.96. The number of benzene rings is 2. The second-order valence-corrected chi connectivity index (χ2v) is 8.31. The second-order valence-electron chi connectivity index (χ2n) is 8.31. The van der Waals surface area contributed by atoms with Gasteiger partial charge in [0.2, 0.25) is 0 Å². The normalized spacial score (nSPS) is 18.5. The lowest BCUT2D eigenvalue weighted by Gasteiger charge is -2.28. The molecule has 2 aromatic carbocycles. The summed E-state index contributed by atoms with van der Waals surface area (Å²) in [5, 5.41) is 0. The Balaban J connectivity index is 1.58. The van der Waals surface area contributed by atoms with Gasteiger partial charge < -0.3 is 19.1 Å². The molecule has 2 saturated heterocycles. The predicted octanol–water partition coefficient (Wildman–Crippen LogP) is 2.27. The molecule has 8 nitrogen and oxygen atoms in total. The highest BCUT2D eigenvalue weighted by atomic mass is 16.5. The van der Waals surface area contributed by atoms with E-state index in [1.165, 1.54) is 12.1 Å². The molecule has 0 spiro atoms. The fraction of sp³-hybridized carbons (Fsp3) is 0.360. The lowest BCUT2D eigenvalue weighted by atomic mass is 9.82. The van der Waals surface area contributed by atoms with Crippen LogP contribution in [0.5, 0.6) is 5.75 Å². The maximum absolute atomic E-state index is 13.3. The van der Waals surface area contributed by atoms with E-state index >= 15 is 0 Å².